The molecule has 1 amide bonds. The first kappa shape index (κ1) is 20.5. The Morgan fingerprint density at radius 2 is 1.90 bits per heavy atom. The number of carbonyl (C=O) groups is 2. The summed E-state index contributed by atoms with van der Waals surface area (Å²) in [6.07, 6.45) is 0. The van der Waals surface area contributed by atoms with Gasteiger partial charge in [0.15, 0.2) is 6.61 Å². The number of nitrogens with one attached hydrogen (secondary N) is 1. The van der Waals surface area contributed by atoms with E-state index in [0.29, 0.717) is 5.75 Å². The van der Waals surface area contributed by atoms with Crippen molar-refractivity contribution in [3.8, 4) is 5.75 Å². The molecule has 0 saturated heterocycles. The van der Waals surface area contributed by atoms with E-state index in [1.807, 2.05) is 12.3 Å². The quantitative estimate of drug-likeness (QED) is 0.570. The van der Waals surface area contributed by atoms with Crippen LogP contribution in [0.15, 0.2) is 53.9 Å². The molecule has 1 N–H and O–H groups in total. The Morgan fingerprint density at radius 1 is 1.14 bits per heavy atom. The number of rotatable bonds is 8. The van der Waals surface area contributed by atoms with Gasteiger partial charge < -0.3 is 14.8 Å². The van der Waals surface area contributed by atoms with Gasteiger partial charge in [0.1, 0.15) is 23.7 Å². The molecule has 8 heteroatoms. The predicted molar refractivity (Wildman–Crippen MR) is 106 cm³/mol. The summed E-state index contributed by atoms with van der Waals surface area (Å²) in [7, 11) is 0. The van der Waals surface area contributed by atoms with Crippen molar-refractivity contribution in [3.05, 3.63) is 81.6 Å². The Hall–Kier alpha value is -3.26. The molecule has 0 unspecified atom stereocenters. The minimum absolute atomic E-state index is 0.212. The zero-order chi connectivity index (χ0) is 20.6. The van der Waals surface area contributed by atoms with Crippen LogP contribution >= 0.6 is 11.3 Å². The molecule has 0 saturated carbocycles. The van der Waals surface area contributed by atoms with E-state index in [2.05, 4.69) is 10.3 Å². The Balaban J connectivity index is 1.50. The number of nitrogens with zero attached hydrogens (tertiary/aromatic N) is 1. The number of hydrogen-bond donors (Lipinski definition) is 1. The van der Waals surface area contributed by atoms with Crippen molar-refractivity contribution < 1.29 is 23.5 Å². The van der Waals surface area contributed by atoms with E-state index in [4.69, 9.17) is 9.47 Å². The topological polar surface area (TPSA) is 77.5 Å². The molecule has 0 aliphatic carbocycles. The summed E-state index contributed by atoms with van der Waals surface area (Å²) in [6, 6.07) is 12.4. The predicted octanol–water partition coefficient (Wildman–Crippen LogP) is 3.64. The maximum Gasteiger partial charge on any atom is 0.342 e. The van der Waals surface area contributed by atoms with Crippen molar-refractivity contribution in [1.82, 2.24) is 10.3 Å². The summed E-state index contributed by atoms with van der Waals surface area (Å²) in [4.78, 5) is 28.6. The number of benzene rings is 2. The van der Waals surface area contributed by atoms with E-state index < -0.39 is 18.5 Å². The number of carbonyl (C=O) groups excluding carboxylic acids is 2. The van der Waals surface area contributed by atoms with Crippen LogP contribution in [0.5, 0.6) is 5.75 Å². The molecule has 0 aliphatic rings. The minimum Gasteiger partial charge on any atom is -0.486 e. The molecule has 2 aromatic carbocycles. The molecule has 0 bridgehead atoms. The Labute approximate surface area is 171 Å². The van der Waals surface area contributed by atoms with Gasteiger partial charge >= 0.3 is 5.97 Å². The number of hydrogen-bond acceptors (Lipinski definition) is 6. The van der Waals surface area contributed by atoms with E-state index in [9.17, 15) is 14.0 Å². The van der Waals surface area contributed by atoms with Crippen molar-refractivity contribution in [2.24, 2.45) is 0 Å². The molecule has 0 aliphatic heterocycles. The minimum atomic E-state index is -0.660. The number of aromatic nitrogens is 1. The van der Waals surface area contributed by atoms with Crippen LogP contribution < -0.4 is 10.1 Å². The molecule has 6 nitrogen and oxygen atoms in total. The van der Waals surface area contributed by atoms with Gasteiger partial charge in [0.25, 0.3) is 5.91 Å². The highest BCUT2D eigenvalue weighted by molar-refractivity contribution is 7.09. The van der Waals surface area contributed by atoms with Gasteiger partial charge in [0.2, 0.25) is 0 Å². The molecule has 1 aromatic heterocycles. The van der Waals surface area contributed by atoms with Gasteiger partial charge in [-0.3, -0.25) is 4.79 Å². The van der Waals surface area contributed by atoms with Crippen LogP contribution in [-0.4, -0.2) is 23.5 Å². The third-order valence-corrected chi connectivity index (χ3v) is 4.71. The van der Waals surface area contributed by atoms with Gasteiger partial charge in [-0.2, -0.15) is 0 Å². The summed E-state index contributed by atoms with van der Waals surface area (Å²) in [5, 5.41) is 5.44. The Kier molecular flexibility index (Phi) is 6.91. The summed E-state index contributed by atoms with van der Waals surface area (Å²) in [5.41, 5.74) is 1.74. The van der Waals surface area contributed by atoms with Gasteiger partial charge in [-0.05, 0) is 36.8 Å². The second kappa shape index (κ2) is 9.79. The Morgan fingerprint density at radius 3 is 2.62 bits per heavy atom. The van der Waals surface area contributed by atoms with Crippen LogP contribution in [0.2, 0.25) is 0 Å². The fraction of sp³-hybridized carbons (Fsp3) is 0.190. The number of para-hydroxylation sites is 1. The fourth-order valence-corrected chi connectivity index (χ4v) is 3.05. The van der Waals surface area contributed by atoms with Crippen LogP contribution in [0.1, 0.15) is 26.6 Å². The highest BCUT2D eigenvalue weighted by Crippen LogP contribution is 2.21. The lowest BCUT2D eigenvalue weighted by molar-refractivity contribution is -0.124. The van der Waals surface area contributed by atoms with E-state index in [-0.39, 0.29) is 24.5 Å². The van der Waals surface area contributed by atoms with E-state index >= 15 is 0 Å². The van der Waals surface area contributed by atoms with Crippen LogP contribution in [0.3, 0.4) is 0 Å². The molecule has 150 valence electrons. The van der Waals surface area contributed by atoms with Crippen molar-refractivity contribution in [3.63, 3.8) is 0 Å². The number of thiazole rings is 1. The number of aryl methyl sites for hydroxylation is 1. The maximum absolute atomic E-state index is 12.9. The highest BCUT2D eigenvalue weighted by atomic mass is 32.1. The van der Waals surface area contributed by atoms with Crippen molar-refractivity contribution in [2.75, 3.05) is 6.61 Å². The number of ether oxygens (including phenoxy) is 2. The molecule has 0 fully saturated rings. The largest absolute Gasteiger partial charge is 0.486 e. The second-order valence-electron chi connectivity index (χ2n) is 6.12. The van der Waals surface area contributed by atoms with E-state index in [1.165, 1.54) is 23.5 Å². The Bertz CT molecular complexity index is 988. The summed E-state index contributed by atoms with van der Waals surface area (Å²) >= 11 is 1.52. The smallest absolute Gasteiger partial charge is 0.342 e. The van der Waals surface area contributed by atoms with Crippen LogP contribution in [0.25, 0.3) is 0 Å². The van der Waals surface area contributed by atoms with Gasteiger partial charge in [0, 0.05) is 11.9 Å². The zero-order valence-electron chi connectivity index (χ0n) is 15.7. The lowest BCUT2D eigenvalue weighted by atomic mass is 10.2. The third-order valence-electron chi connectivity index (χ3n) is 3.89. The molecular weight excluding hydrogens is 395 g/mol. The molecule has 0 atom stereocenters. The number of halogens is 1. The van der Waals surface area contributed by atoms with Crippen LogP contribution in [-0.2, 0) is 22.7 Å². The first-order valence-corrected chi connectivity index (χ1v) is 9.70. The maximum atomic E-state index is 12.9. The number of amides is 1. The first-order chi connectivity index (χ1) is 14.0. The van der Waals surface area contributed by atoms with Crippen LogP contribution in [0.4, 0.5) is 4.39 Å². The summed E-state index contributed by atoms with van der Waals surface area (Å²) in [5.74, 6) is -1.11. The molecular formula is C21H19FN2O4S. The molecule has 1 heterocycles. The van der Waals surface area contributed by atoms with Crippen molar-refractivity contribution in [2.45, 2.75) is 20.1 Å². The molecule has 29 heavy (non-hydrogen) atoms. The average Bonchev–Trinajstić information content (AvgIpc) is 3.15. The SMILES string of the molecule is Cc1nc(COc2ccccc2C(=O)OCC(=O)NCc2ccc(F)cc2)cs1. The lowest BCUT2D eigenvalue weighted by Crippen LogP contribution is -2.28. The van der Waals surface area contributed by atoms with Gasteiger partial charge in [-0.15, -0.1) is 11.3 Å². The van der Waals surface area contributed by atoms with E-state index in [1.54, 1.807) is 36.4 Å². The van der Waals surface area contributed by atoms with E-state index in [0.717, 1.165) is 16.3 Å². The zero-order valence-corrected chi connectivity index (χ0v) is 16.5. The third kappa shape index (κ3) is 6.11. The molecule has 3 aromatic rings. The van der Waals surface area contributed by atoms with Gasteiger partial charge in [0.05, 0.1) is 10.7 Å². The van der Waals surface area contributed by atoms with Crippen LogP contribution in [0, 0.1) is 12.7 Å². The monoisotopic (exact) mass is 414 g/mol. The first-order valence-electron chi connectivity index (χ1n) is 8.82. The fourth-order valence-electron chi connectivity index (χ4n) is 2.45. The molecule has 0 spiro atoms. The summed E-state index contributed by atoms with van der Waals surface area (Å²) in [6.45, 7) is 1.91. The van der Waals surface area contributed by atoms with Gasteiger partial charge in [-0.25, -0.2) is 14.2 Å². The normalized spacial score (nSPS) is 10.4. The second-order valence-corrected chi connectivity index (χ2v) is 7.18. The molecule has 0 radical (unpaired) electrons. The standard InChI is InChI=1S/C21H19FN2O4S/c1-14-24-17(13-29-14)11-27-19-5-3-2-4-18(19)21(26)28-12-20(25)23-10-15-6-8-16(22)9-7-15/h2-9,13H,10-12H2,1H3,(H,23,25). The van der Waals surface area contributed by atoms with Crippen molar-refractivity contribution >= 4 is 23.2 Å². The van der Waals surface area contributed by atoms with Gasteiger partial charge in [-0.1, -0.05) is 24.3 Å². The summed E-state index contributed by atoms with van der Waals surface area (Å²) < 4.78 is 23.7. The molecule has 3 rings (SSSR count). The lowest BCUT2D eigenvalue weighted by Gasteiger charge is -2.11. The highest BCUT2D eigenvalue weighted by Gasteiger charge is 2.15. The van der Waals surface area contributed by atoms with Crippen molar-refractivity contribution in [1.29, 1.82) is 0 Å². The number of esters is 1. The average molecular weight is 414 g/mol.